The summed E-state index contributed by atoms with van der Waals surface area (Å²) in [5, 5.41) is 0. The molecule has 1 aliphatic heterocycles. The lowest BCUT2D eigenvalue weighted by Gasteiger charge is -2.27. The molecule has 2 N–H and O–H groups in total. The van der Waals surface area contributed by atoms with Gasteiger partial charge in [0.25, 0.3) is 0 Å². The van der Waals surface area contributed by atoms with Crippen LogP contribution in [0, 0.1) is 11.8 Å². The zero-order chi connectivity index (χ0) is 13.4. The van der Waals surface area contributed by atoms with Gasteiger partial charge in [-0.2, -0.15) is 4.98 Å². The minimum Gasteiger partial charge on any atom is -0.480 e. The highest BCUT2D eigenvalue weighted by Gasteiger charge is 2.37. The van der Waals surface area contributed by atoms with Gasteiger partial charge in [0, 0.05) is 19.1 Å². The Bertz CT molecular complexity index is 470. The van der Waals surface area contributed by atoms with Gasteiger partial charge in [0.1, 0.15) is 0 Å². The molecular weight excluding hydrogens is 308 g/mol. The maximum atomic E-state index is 6.06. The van der Waals surface area contributed by atoms with Gasteiger partial charge < -0.3 is 15.4 Å². The van der Waals surface area contributed by atoms with Crippen LogP contribution in [-0.4, -0.2) is 36.2 Å². The Morgan fingerprint density at radius 1 is 1.37 bits per heavy atom. The van der Waals surface area contributed by atoms with Crippen LogP contribution in [0.15, 0.2) is 10.7 Å². The number of fused-ring (bicyclic) bond motifs is 1. The van der Waals surface area contributed by atoms with Gasteiger partial charge in [-0.3, -0.25) is 0 Å². The zero-order valence-electron chi connectivity index (χ0n) is 11.1. The van der Waals surface area contributed by atoms with Crippen LogP contribution in [0.4, 0.5) is 5.95 Å². The molecular formula is C13H19BrN4O. The van der Waals surface area contributed by atoms with E-state index in [-0.39, 0.29) is 0 Å². The fourth-order valence-corrected chi connectivity index (χ4v) is 3.62. The summed E-state index contributed by atoms with van der Waals surface area (Å²) < 4.78 is 6.03. The predicted octanol–water partition coefficient (Wildman–Crippen LogP) is 1.81. The number of anilines is 1. The van der Waals surface area contributed by atoms with Crippen molar-refractivity contribution in [3.63, 3.8) is 0 Å². The number of hydrogen-bond acceptors (Lipinski definition) is 5. The van der Waals surface area contributed by atoms with E-state index in [4.69, 9.17) is 10.5 Å². The summed E-state index contributed by atoms with van der Waals surface area (Å²) in [5.74, 6) is 2.81. The summed E-state index contributed by atoms with van der Waals surface area (Å²) in [6.07, 6.45) is 5.28. The first-order chi connectivity index (χ1) is 9.17. The van der Waals surface area contributed by atoms with Crippen molar-refractivity contribution in [3.8, 4) is 5.88 Å². The molecule has 1 aromatic rings. The first kappa shape index (κ1) is 13.1. The summed E-state index contributed by atoms with van der Waals surface area (Å²) in [5.41, 5.74) is 6.06. The number of aromatic nitrogens is 2. The van der Waals surface area contributed by atoms with Gasteiger partial charge in [-0.1, -0.05) is 0 Å². The Hall–Kier alpha value is -0.880. The molecule has 1 aromatic heterocycles. The highest BCUT2D eigenvalue weighted by Crippen LogP contribution is 2.37. The van der Waals surface area contributed by atoms with Crippen LogP contribution in [0.1, 0.15) is 19.3 Å². The number of methoxy groups -OCH3 is 1. The highest BCUT2D eigenvalue weighted by atomic mass is 79.9. The molecule has 2 heterocycles. The maximum absolute atomic E-state index is 6.06. The van der Waals surface area contributed by atoms with Crippen molar-refractivity contribution in [2.45, 2.75) is 25.3 Å². The summed E-state index contributed by atoms with van der Waals surface area (Å²) in [6.45, 7) is 2.06. The highest BCUT2D eigenvalue weighted by molar-refractivity contribution is 9.10. The van der Waals surface area contributed by atoms with Crippen LogP contribution in [-0.2, 0) is 0 Å². The van der Waals surface area contributed by atoms with E-state index in [1.54, 1.807) is 13.3 Å². The lowest BCUT2D eigenvalue weighted by molar-refractivity contribution is 0.271. The summed E-state index contributed by atoms with van der Waals surface area (Å²) in [4.78, 5) is 11.1. The van der Waals surface area contributed by atoms with E-state index in [9.17, 15) is 0 Å². The number of nitrogens with zero attached hydrogens (tertiary/aromatic N) is 3. The molecule has 3 rings (SSSR count). The number of hydrogen-bond donors (Lipinski definition) is 1. The molecule has 0 amide bonds. The van der Waals surface area contributed by atoms with E-state index in [0.29, 0.717) is 17.8 Å². The average molecular weight is 327 g/mol. The quantitative estimate of drug-likeness (QED) is 0.897. The minimum absolute atomic E-state index is 0.376. The molecule has 1 saturated heterocycles. The molecule has 0 bridgehead atoms. The molecule has 1 unspecified atom stereocenters. The lowest BCUT2D eigenvalue weighted by Crippen LogP contribution is -2.32. The molecule has 1 saturated carbocycles. The average Bonchev–Trinajstić information content (AvgIpc) is 2.82. The third kappa shape index (κ3) is 2.56. The van der Waals surface area contributed by atoms with E-state index < -0.39 is 0 Å². The topological polar surface area (TPSA) is 64.3 Å². The Morgan fingerprint density at radius 3 is 2.95 bits per heavy atom. The maximum Gasteiger partial charge on any atom is 0.232 e. The van der Waals surface area contributed by atoms with Gasteiger partial charge in [-0.15, -0.1) is 0 Å². The normalized spacial score (nSPS) is 30.3. The minimum atomic E-state index is 0.376. The van der Waals surface area contributed by atoms with Crippen LogP contribution >= 0.6 is 15.9 Å². The van der Waals surface area contributed by atoms with Crippen LogP contribution in [0.25, 0.3) is 0 Å². The van der Waals surface area contributed by atoms with Crippen molar-refractivity contribution >= 4 is 21.9 Å². The van der Waals surface area contributed by atoms with Crippen molar-refractivity contribution < 1.29 is 4.74 Å². The van der Waals surface area contributed by atoms with Gasteiger partial charge in [-0.05, 0) is 47.0 Å². The Labute approximate surface area is 121 Å². The van der Waals surface area contributed by atoms with Crippen LogP contribution in [0.5, 0.6) is 5.88 Å². The molecule has 0 spiro atoms. The van der Waals surface area contributed by atoms with Crippen LogP contribution in [0.2, 0.25) is 0 Å². The van der Waals surface area contributed by atoms with Crippen LogP contribution in [0.3, 0.4) is 0 Å². The molecule has 1 aliphatic carbocycles. The van der Waals surface area contributed by atoms with Crippen molar-refractivity contribution in [2.24, 2.45) is 17.6 Å². The summed E-state index contributed by atoms with van der Waals surface area (Å²) in [7, 11) is 1.62. The first-order valence-electron chi connectivity index (χ1n) is 6.74. The van der Waals surface area contributed by atoms with Crippen molar-refractivity contribution in [1.29, 1.82) is 0 Å². The van der Waals surface area contributed by atoms with Crippen molar-refractivity contribution in [3.05, 3.63) is 10.7 Å². The van der Waals surface area contributed by atoms with E-state index in [1.165, 1.54) is 6.42 Å². The number of ether oxygens (including phenoxy) is 1. The number of nitrogens with two attached hydrogens (primary N) is 1. The van der Waals surface area contributed by atoms with Gasteiger partial charge >= 0.3 is 0 Å². The second-order valence-corrected chi connectivity index (χ2v) is 6.38. The van der Waals surface area contributed by atoms with Gasteiger partial charge in [0.05, 0.1) is 17.8 Å². The molecule has 0 radical (unpaired) electrons. The standard InChI is InChI=1S/C13H19BrN4O/c1-19-12-11(14)5-16-13(17-12)18-6-8-2-3-10(15)4-9(8)7-18/h5,8-10H,2-4,6-7,15H2,1H3/t8-,9+,10?/m1/s1. The Balaban J connectivity index is 1.77. The van der Waals surface area contributed by atoms with E-state index in [1.807, 2.05) is 0 Å². The first-order valence-corrected chi connectivity index (χ1v) is 7.53. The third-order valence-electron chi connectivity index (χ3n) is 4.27. The SMILES string of the molecule is COc1nc(N2C[C@H]3CCC(N)C[C@H]3C2)ncc1Br. The summed E-state index contributed by atoms with van der Waals surface area (Å²) >= 11 is 3.38. The van der Waals surface area contributed by atoms with Crippen molar-refractivity contribution in [1.82, 2.24) is 9.97 Å². The summed E-state index contributed by atoms with van der Waals surface area (Å²) in [6, 6.07) is 0.376. The Kier molecular flexibility index (Phi) is 3.62. The monoisotopic (exact) mass is 326 g/mol. The Morgan fingerprint density at radius 2 is 2.16 bits per heavy atom. The fraction of sp³-hybridized carbons (Fsp3) is 0.692. The molecule has 0 aromatic carbocycles. The number of rotatable bonds is 2. The smallest absolute Gasteiger partial charge is 0.232 e. The second-order valence-electron chi connectivity index (χ2n) is 5.53. The predicted molar refractivity (Wildman–Crippen MR) is 77.3 cm³/mol. The molecule has 2 aliphatic rings. The van der Waals surface area contributed by atoms with Gasteiger partial charge in [0.15, 0.2) is 0 Å². The molecule has 104 valence electrons. The lowest BCUT2D eigenvalue weighted by atomic mass is 9.79. The molecule has 19 heavy (non-hydrogen) atoms. The second kappa shape index (κ2) is 5.25. The molecule has 6 heteroatoms. The third-order valence-corrected chi connectivity index (χ3v) is 4.81. The largest absolute Gasteiger partial charge is 0.480 e. The van der Waals surface area contributed by atoms with E-state index in [2.05, 4.69) is 30.8 Å². The van der Waals surface area contributed by atoms with E-state index in [0.717, 1.165) is 42.3 Å². The molecule has 2 fully saturated rings. The molecule has 5 nitrogen and oxygen atoms in total. The van der Waals surface area contributed by atoms with Crippen LogP contribution < -0.4 is 15.4 Å². The zero-order valence-corrected chi connectivity index (χ0v) is 12.6. The molecule has 3 atom stereocenters. The van der Waals surface area contributed by atoms with E-state index >= 15 is 0 Å². The van der Waals surface area contributed by atoms with Gasteiger partial charge in [0.2, 0.25) is 11.8 Å². The van der Waals surface area contributed by atoms with Crippen molar-refractivity contribution in [2.75, 3.05) is 25.1 Å². The fourth-order valence-electron chi connectivity index (χ4n) is 3.27. The number of halogens is 1. The van der Waals surface area contributed by atoms with Gasteiger partial charge in [-0.25, -0.2) is 4.98 Å².